The first-order chi connectivity index (χ1) is 15.6. The summed E-state index contributed by atoms with van der Waals surface area (Å²) in [6.07, 6.45) is 8.66. The highest BCUT2D eigenvalue weighted by Crippen LogP contribution is 2.25. The van der Waals surface area contributed by atoms with Gasteiger partial charge >= 0.3 is 11.7 Å². The van der Waals surface area contributed by atoms with Gasteiger partial charge in [0.2, 0.25) is 0 Å². The van der Waals surface area contributed by atoms with E-state index < -0.39 is 5.97 Å². The van der Waals surface area contributed by atoms with Gasteiger partial charge in [-0.3, -0.25) is 14.3 Å². The molecule has 0 bridgehead atoms. The van der Waals surface area contributed by atoms with Crippen LogP contribution in [-0.2, 0) is 16.1 Å². The molecule has 0 aliphatic carbocycles. The lowest BCUT2D eigenvalue weighted by molar-refractivity contribution is -0.143. The summed E-state index contributed by atoms with van der Waals surface area (Å²) in [5, 5.41) is 4.33. The van der Waals surface area contributed by atoms with Gasteiger partial charge in [-0.05, 0) is 37.6 Å². The van der Waals surface area contributed by atoms with Crippen LogP contribution in [0.15, 0.2) is 66.1 Å². The molecule has 0 unspecified atom stereocenters. The highest BCUT2D eigenvalue weighted by molar-refractivity contribution is 5.83. The van der Waals surface area contributed by atoms with E-state index in [1.54, 1.807) is 48.5 Å². The summed E-state index contributed by atoms with van der Waals surface area (Å²) >= 11 is 0. The second-order valence-corrected chi connectivity index (χ2v) is 7.32. The molecular formula is C23H20N6O3. The van der Waals surface area contributed by atoms with Crippen LogP contribution < -0.4 is 5.69 Å². The summed E-state index contributed by atoms with van der Waals surface area (Å²) in [5.74, 6) is 0.00964. The van der Waals surface area contributed by atoms with Crippen molar-refractivity contribution in [2.24, 2.45) is 0 Å². The molecule has 0 amide bonds. The summed E-state index contributed by atoms with van der Waals surface area (Å²) in [6, 6.07) is 9.29. The van der Waals surface area contributed by atoms with E-state index in [1.807, 2.05) is 31.2 Å². The molecule has 160 valence electrons. The third-order valence-electron chi connectivity index (χ3n) is 5.36. The lowest BCUT2D eigenvalue weighted by Crippen LogP contribution is -2.27. The number of esters is 1. The predicted molar refractivity (Wildman–Crippen MR) is 119 cm³/mol. The molecule has 4 heterocycles. The summed E-state index contributed by atoms with van der Waals surface area (Å²) in [5.41, 5.74) is 4.54. The number of ether oxygens (including phenoxy) is 1. The van der Waals surface area contributed by atoms with Crippen LogP contribution in [0.2, 0.25) is 0 Å². The van der Waals surface area contributed by atoms with Crippen LogP contribution in [0, 0.1) is 6.92 Å². The van der Waals surface area contributed by atoms with E-state index >= 15 is 0 Å². The number of benzene rings is 1. The van der Waals surface area contributed by atoms with Crippen molar-refractivity contribution in [3.63, 3.8) is 0 Å². The summed E-state index contributed by atoms with van der Waals surface area (Å²) in [4.78, 5) is 34.2. The van der Waals surface area contributed by atoms with Crippen molar-refractivity contribution in [3.05, 3.63) is 77.4 Å². The first-order valence-electron chi connectivity index (χ1n) is 10.2. The molecule has 1 aromatic carbocycles. The minimum atomic E-state index is -0.458. The van der Waals surface area contributed by atoms with Crippen molar-refractivity contribution in [3.8, 4) is 16.9 Å². The van der Waals surface area contributed by atoms with Crippen molar-refractivity contribution in [1.29, 1.82) is 0 Å². The Morgan fingerprint density at radius 2 is 1.97 bits per heavy atom. The van der Waals surface area contributed by atoms with Gasteiger partial charge in [-0.25, -0.2) is 18.9 Å². The number of carbonyl (C=O) groups is 1. The number of hydrogen-bond donors (Lipinski definition) is 0. The molecule has 0 atom stereocenters. The van der Waals surface area contributed by atoms with E-state index in [0.717, 1.165) is 22.2 Å². The van der Waals surface area contributed by atoms with Crippen LogP contribution in [0.4, 0.5) is 0 Å². The molecule has 0 spiro atoms. The van der Waals surface area contributed by atoms with Crippen LogP contribution >= 0.6 is 0 Å². The van der Waals surface area contributed by atoms with Gasteiger partial charge in [0.05, 0.1) is 35.6 Å². The third-order valence-corrected chi connectivity index (χ3v) is 5.36. The maximum Gasteiger partial charge on any atom is 0.335 e. The third kappa shape index (κ3) is 3.15. The number of pyridine rings is 1. The number of hydrogen-bond acceptors (Lipinski definition) is 6. The number of nitrogens with zero attached hydrogens (tertiary/aromatic N) is 6. The van der Waals surface area contributed by atoms with Gasteiger partial charge in [0, 0.05) is 29.7 Å². The van der Waals surface area contributed by atoms with Crippen molar-refractivity contribution in [2.45, 2.75) is 20.4 Å². The average molecular weight is 428 g/mol. The van der Waals surface area contributed by atoms with Gasteiger partial charge in [0.15, 0.2) is 0 Å². The lowest BCUT2D eigenvalue weighted by Gasteiger charge is -2.06. The van der Waals surface area contributed by atoms with Gasteiger partial charge in [-0.15, -0.1) is 0 Å². The number of imidazole rings is 1. The summed E-state index contributed by atoms with van der Waals surface area (Å²) in [7, 11) is 0. The van der Waals surface area contributed by atoms with Gasteiger partial charge in [-0.1, -0.05) is 12.1 Å². The van der Waals surface area contributed by atoms with Crippen LogP contribution in [0.1, 0.15) is 12.5 Å². The second kappa shape index (κ2) is 7.77. The topological polar surface area (TPSA) is 96.3 Å². The minimum absolute atomic E-state index is 0.160. The molecule has 32 heavy (non-hydrogen) atoms. The van der Waals surface area contributed by atoms with Crippen molar-refractivity contribution in [2.75, 3.05) is 6.61 Å². The molecule has 0 aliphatic rings. The second-order valence-electron chi connectivity index (χ2n) is 7.32. The van der Waals surface area contributed by atoms with E-state index in [-0.39, 0.29) is 18.8 Å². The highest BCUT2D eigenvalue weighted by Gasteiger charge is 2.19. The lowest BCUT2D eigenvalue weighted by atomic mass is 10.1. The van der Waals surface area contributed by atoms with E-state index in [1.165, 1.54) is 9.13 Å². The zero-order chi connectivity index (χ0) is 22.2. The van der Waals surface area contributed by atoms with E-state index in [9.17, 15) is 9.59 Å². The molecule has 0 aliphatic heterocycles. The van der Waals surface area contributed by atoms with Gasteiger partial charge < -0.3 is 4.74 Å². The van der Waals surface area contributed by atoms with E-state index in [0.29, 0.717) is 16.9 Å². The maximum atomic E-state index is 13.3. The number of fused-ring (bicyclic) bond motifs is 2. The molecule has 9 heteroatoms. The molecule has 4 aromatic heterocycles. The normalized spacial score (nSPS) is 11.3. The molecule has 0 radical (unpaired) electrons. The van der Waals surface area contributed by atoms with Crippen molar-refractivity contribution >= 4 is 22.5 Å². The molecule has 5 aromatic rings. The van der Waals surface area contributed by atoms with Gasteiger partial charge in [0.1, 0.15) is 12.4 Å². The van der Waals surface area contributed by atoms with Crippen LogP contribution in [0.5, 0.6) is 0 Å². The Kier molecular flexibility index (Phi) is 4.78. The summed E-state index contributed by atoms with van der Waals surface area (Å²) < 4.78 is 9.75. The molecule has 9 nitrogen and oxygen atoms in total. The fourth-order valence-corrected chi connectivity index (χ4v) is 3.91. The Morgan fingerprint density at radius 3 is 2.75 bits per heavy atom. The SMILES string of the molecule is CCOC(=O)Cn1c(=O)n(-c2ccc(-c3cnn4ccncc34)cn2)c2c(C)cccc21. The molecule has 5 rings (SSSR count). The molecule has 0 saturated heterocycles. The van der Waals surface area contributed by atoms with Gasteiger partial charge in [0.25, 0.3) is 0 Å². The first kappa shape index (κ1) is 19.7. The van der Waals surface area contributed by atoms with Crippen molar-refractivity contribution in [1.82, 2.24) is 28.7 Å². The Balaban J connectivity index is 1.63. The van der Waals surface area contributed by atoms with E-state index in [2.05, 4.69) is 15.1 Å². The number of rotatable bonds is 5. The Labute approximate surface area is 182 Å². The van der Waals surface area contributed by atoms with Crippen LogP contribution in [0.25, 0.3) is 33.5 Å². The fourth-order valence-electron chi connectivity index (χ4n) is 3.91. The maximum absolute atomic E-state index is 13.3. The zero-order valence-corrected chi connectivity index (χ0v) is 17.6. The Morgan fingerprint density at radius 1 is 1.09 bits per heavy atom. The van der Waals surface area contributed by atoms with Crippen LogP contribution in [0.3, 0.4) is 0 Å². The average Bonchev–Trinajstić information content (AvgIpc) is 3.35. The van der Waals surface area contributed by atoms with E-state index in [4.69, 9.17) is 4.74 Å². The predicted octanol–water partition coefficient (Wildman–Crippen LogP) is 2.77. The van der Waals surface area contributed by atoms with Crippen LogP contribution in [-0.4, -0.2) is 41.3 Å². The quantitative estimate of drug-likeness (QED) is 0.400. The monoisotopic (exact) mass is 428 g/mol. The molecule has 0 saturated carbocycles. The minimum Gasteiger partial charge on any atom is -0.465 e. The van der Waals surface area contributed by atoms with Crippen molar-refractivity contribution < 1.29 is 9.53 Å². The first-order valence-corrected chi connectivity index (χ1v) is 10.2. The molecule has 0 N–H and O–H groups in total. The zero-order valence-electron chi connectivity index (χ0n) is 17.6. The number of aryl methyl sites for hydroxylation is 1. The molecule has 0 fully saturated rings. The Hall–Kier alpha value is -4.27. The number of carbonyl (C=O) groups excluding carboxylic acids is 1. The smallest absolute Gasteiger partial charge is 0.335 e. The number of para-hydroxylation sites is 1. The number of aromatic nitrogens is 6. The summed E-state index contributed by atoms with van der Waals surface area (Å²) in [6.45, 7) is 3.76. The largest absolute Gasteiger partial charge is 0.465 e. The molecular weight excluding hydrogens is 408 g/mol. The highest BCUT2D eigenvalue weighted by atomic mass is 16.5. The standard InChI is InChI=1S/C23H20N6O3/c1-3-32-21(30)14-27-18-6-4-5-15(2)22(18)29(23(27)31)20-8-7-16(11-25-20)17-12-26-28-10-9-24-13-19(17)28/h4-13H,3,14H2,1-2H3. The fraction of sp³-hybridized carbons (Fsp3) is 0.174. The Bertz CT molecular complexity index is 1510. The van der Waals surface area contributed by atoms with Gasteiger partial charge in [-0.2, -0.15) is 5.10 Å².